The molecule has 2 N–H and O–H groups in total. The number of carbonyl (C=O) groups excluding carboxylic acids is 1. The molecule has 1 amide bonds. The molecule has 20 heavy (non-hydrogen) atoms. The van der Waals surface area contributed by atoms with Crippen molar-refractivity contribution in [2.75, 3.05) is 11.9 Å². The Bertz CT molecular complexity index is 486. The lowest BCUT2D eigenvalue weighted by molar-refractivity contribution is -0.122. The van der Waals surface area contributed by atoms with Crippen LogP contribution < -0.4 is 10.6 Å². The van der Waals surface area contributed by atoms with Crippen LogP contribution in [0.1, 0.15) is 50.5 Å². The van der Waals surface area contributed by atoms with Crippen molar-refractivity contribution in [3.63, 3.8) is 0 Å². The average Bonchev–Trinajstić information content (AvgIpc) is 2.82. The highest BCUT2D eigenvalue weighted by atomic mass is 16.1. The second kappa shape index (κ2) is 5.86. The van der Waals surface area contributed by atoms with Gasteiger partial charge in [-0.3, -0.25) is 4.79 Å². The molecule has 0 aromatic heterocycles. The van der Waals surface area contributed by atoms with E-state index in [1.165, 1.54) is 24.1 Å². The van der Waals surface area contributed by atoms with E-state index in [0.717, 1.165) is 25.3 Å². The molecular weight excluding hydrogens is 248 g/mol. The van der Waals surface area contributed by atoms with Gasteiger partial charge in [-0.1, -0.05) is 38.0 Å². The summed E-state index contributed by atoms with van der Waals surface area (Å²) < 4.78 is 0. The van der Waals surface area contributed by atoms with E-state index in [2.05, 4.69) is 35.8 Å². The fourth-order valence-corrected chi connectivity index (χ4v) is 3.61. The minimum Gasteiger partial charge on any atom is -0.384 e. The second-order valence-electron chi connectivity index (χ2n) is 6.41. The van der Waals surface area contributed by atoms with E-state index in [9.17, 15) is 4.79 Å². The number of nitrogens with one attached hydrogen (secondary N) is 2. The summed E-state index contributed by atoms with van der Waals surface area (Å²) in [5.41, 5.74) is 2.48. The molecule has 3 heteroatoms. The zero-order valence-corrected chi connectivity index (χ0v) is 12.2. The summed E-state index contributed by atoms with van der Waals surface area (Å²) in [5.74, 6) is 1.29. The Hall–Kier alpha value is -1.51. The molecule has 3 atom stereocenters. The van der Waals surface area contributed by atoms with Gasteiger partial charge in [-0.05, 0) is 30.4 Å². The maximum atomic E-state index is 12.2. The fourth-order valence-electron chi connectivity index (χ4n) is 3.61. The molecule has 2 aliphatic rings. The van der Waals surface area contributed by atoms with Crippen molar-refractivity contribution in [3.8, 4) is 0 Å². The van der Waals surface area contributed by atoms with Gasteiger partial charge in [0.15, 0.2) is 0 Å². The number of fused-ring (bicyclic) bond motifs is 1. The van der Waals surface area contributed by atoms with E-state index in [1.807, 2.05) is 6.07 Å². The summed E-state index contributed by atoms with van der Waals surface area (Å²) in [7, 11) is 0. The monoisotopic (exact) mass is 272 g/mol. The maximum Gasteiger partial charge on any atom is 0.220 e. The molecule has 1 aromatic rings. The van der Waals surface area contributed by atoms with Gasteiger partial charge in [0.05, 0.1) is 0 Å². The van der Waals surface area contributed by atoms with Crippen LogP contribution in [0.25, 0.3) is 0 Å². The molecular formula is C17H24N2O. The molecule has 1 aromatic carbocycles. The van der Waals surface area contributed by atoms with Gasteiger partial charge >= 0.3 is 0 Å². The molecule has 1 saturated carbocycles. The molecule has 3 unspecified atom stereocenters. The number of carbonyl (C=O) groups is 1. The normalized spacial score (nSPS) is 28.6. The molecule has 3 nitrogen and oxygen atoms in total. The molecule has 0 saturated heterocycles. The van der Waals surface area contributed by atoms with Gasteiger partial charge in [-0.15, -0.1) is 0 Å². The van der Waals surface area contributed by atoms with E-state index >= 15 is 0 Å². The lowest BCUT2D eigenvalue weighted by Crippen LogP contribution is -2.38. The molecule has 1 heterocycles. The van der Waals surface area contributed by atoms with Gasteiger partial charge in [0.2, 0.25) is 5.91 Å². The molecule has 0 radical (unpaired) electrons. The predicted molar refractivity (Wildman–Crippen MR) is 81.9 cm³/mol. The van der Waals surface area contributed by atoms with E-state index in [-0.39, 0.29) is 5.91 Å². The predicted octanol–water partition coefficient (Wildman–Crippen LogP) is 3.28. The number of amides is 1. The largest absolute Gasteiger partial charge is 0.384 e. The van der Waals surface area contributed by atoms with Gasteiger partial charge in [-0.25, -0.2) is 0 Å². The Kier molecular flexibility index (Phi) is 3.95. The second-order valence-corrected chi connectivity index (χ2v) is 6.41. The molecule has 0 spiro atoms. The quantitative estimate of drug-likeness (QED) is 0.886. The topological polar surface area (TPSA) is 41.1 Å². The van der Waals surface area contributed by atoms with Crippen molar-refractivity contribution >= 4 is 11.6 Å². The van der Waals surface area contributed by atoms with Crippen molar-refractivity contribution < 1.29 is 4.79 Å². The number of anilines is 1. The van der Waals surface area contributed by atoms with Crippen LogP contribution in [0.4, 0.5) is 5.69 Å². The van der Waals surface area contributed by atoms with Crippen LogP contribution in [-0.2, 0) is 4.79 Å². The van der Waals surface area contributed by atoms with Crippen molar-refractivity contribution in [2.24, 2.45) is 5.92 Å². The number of hydrogen-bond donors (Lipinski definition) is 2. The molecule has 1 fully saturated rings. The lowest BCUT2D eigenvalue weighted by atomic mass is 9.87. The Labute approximate surface area is 121 Å². The summed E-state index contributed by atoms with van der Waals surface area (Å²) in [6.45, 7) is 3.17. The minimum atomic E-state index is 0.215. The molecule has 0 bridgehead atoms. The SMILES string of the molecule is CC1CCCC(NC(=O)CC2CNc3ccccc32)C1. The van der Waals surface area contributed by atoms with Crippen LogP contribution in [0.15, 0.2) is 24.3 Å². The highest BCUT2D eigenvalue weighted by Crippen LogP contribution is 2.33. The van der Waals surface area contributed by atoms with Crippen LogP contribution in [-0.4, -0.2) is 18.5 Å². The zero-order chi connectivity index (χ0) is 13.9. The van der Waals surface area contributed by atoms with Crippen molar-refractivity contribution in [3.05, 3.63) is 29.8 Å². The van der Waals surface area contributed by atoms with E-state index < -0.39 is 0 Å². The van der Waals surface area contributed by atoms with Crippen molar-refractivity contribution in [1.82, 2.24) is 5.32 Å². The van der Waals surface area contributed by atoms with E-state index in [1.54, 1.807) is 0 Å². The Morgan fingerprint density at radius 1 is 1.35 bits per heavy atom. The van der Waals surface area contributed by atoms with Crippen LogP contribution in [0, 0.1) is 5.92 Å². The molecule has 108 valence electrons. The number of benzene rings is 1. The number of para-hydroxylation sites is 1. The van der Waals surface area contributed by atoms with Crippen LogP contribution in [0.5, 0.6) is 0 Å². The zero-order valence-electron chi connectivity index (χ0n) is 12.2. The van der Waals surface area contributed by atoms with Crippen LogP contribution in [0.3, 0.4) is 0 Å². The van der Waals surface area contributed by atoms with Gasteiger partial charge in [0.1, 0.15) is 0 Å². The van der Waals surface area contributed by atoms with E-state index in [0.29, 0.717) is 18.4 Å². The third-order valence-corrected chi connectivity index (χ3v) is 4.67. The fraction of sp³-hybridized carbons (Fsp3) is 0.588. The molecule has 1 aliphatic carbocycles. The first-order valence-corrected chi connectivity index (χ1v) is 7.84. The standard InChI is InChI=1S/C17H24N2O/c1-12-5-4-6-14(9-12)19-17(20)10-13-11-18-16-8-3-2-7-15(13)16/h2-3,7-8,12-14,18H,4-6,9-11H2,1H3,(H,19,20). The first-order valence-electron chi connectivity index (χ1n) is 7.84. The van der Waals surface area contributed by atoms with E-state index in [4.69, 9.17) is 0 Å². The molecule has 3 rings (SSSR count). The Morgan fingerprint density at radius 2 is 2.20 bits per heavy atom. The summed E-state index contributed by atoms with van der Waals surface area (Å²) in [6, 6.07) is 8.72. The third-order valence-electron chi connectivity index (χ3n) is 4.67. The van der Waals surface area contributed by atoms with Crippen LogP contribution >= 0.6 is 0 Å². The third kappa shape index (κ3) is 2.97. The average molecular weight is 272 g/mol. The van der Waals surface area contributed by atoms with Gasteiger partial charge in [-0.2, -0.15) is 0 Å². The summed E-state index contributed by atoms with van der Waals surface area (Å²) in [5, 5.41) is 6.63. The molecule has 1 aliphatic heterocycles. The van der Waals surface area contributed by atoms with Crippen molar-refractivity contribution in [1.29, 1.82) is 0 Å². The van der Waals surface area contributed by atoms with Crippen molar-refractivity contribution in [2.45, 2.75) is 51.0 Å². The first kappa shape index (κ1) is 13.5. The smallest absolute Gasteiger partial charge is 0.220 e. The summed E-state index contributed by atoms with van der Waals surface area (Å²) in [6.07, 6.45) is 5.46. The number of rotatable bonds is 3. The summed E-state index contributed by atoms with van der Waals surface area (Å²) >= 11 is 0. The number of hydrogen-bond acceptors (Lipinski definition) is 2. The van der Waals surface area contributed by atoms with Gasteiger partial charge in [0.25, 0.3) is 0 Å². The first-order chi connectivity index (χ1) is 9.72. The highest BCUT2D eigenvalue weighted by molar-refractivity contribution is 5.78. The summed E-state index contributed by atoms with van der Waals surface area (Å²) in [4.78, 5) is 12.2. The van der Waals surface area contributed by atoms with Crippen LogP contribution in [0.2, 0.25) is 0 Å². The Balaban J connectivity index is 1.55. The van der Waals surface area contributed by atoms with Gasteiger partial charge < -0.3 is 10.6 Å². The minimum absolute atomic E-state index is 0.215. The maximum absolute atomic E-state index is 12.2. The Morgan fingerprint density at radius 3 is 3.05 bits per heavy atom. The van der Waals surface area contributed by atoms with Gasteiger partial charge in [0, 0.05) is 30.6 Å². The lowest BCUT2D eigenvalue weighted by Gasteiger charge is -2.27. The highest BCUT2D eigenvalue weighted by Gasteiger charge is 2.26.